The van der Waals surface area contributed by atoms with Crippen LogP contribution in [0.2, 0.25) is 0 Å². The fourth-order valence-corrected chi connectivity index (χ4v) is 2.63. The number of halogens is 6. The van der Waals surface area contributed by atoms with Crippen LogP contribution in [0, 0.1) is 5.82 Å². The molecule has 1 nitrogen and oxygen atoms in total. The predicted molar refractivity (Wildman–Crippen MR) is 77.3 cm³/mol. The van der Waals surface area contributed by atoms with Crippen LogP contribution >= 0.6 is 31.9 Å². The molecule has 0 fully saturated rings. The van der Waals surface area contributed by atoms with Crippen LogP contribution in [0.5, 0.6) is 0 Å². The molecule has 1 N–H and O–H groups in total. The summed E-state index contributed by atoms with van der Waals surface area (Å²) in [5, 5.41) is 10.2. The molecule has 112 valence electrons. The highest BCUT2D eigenvalue weighted by Crippen LogP contribution is 2.38. The maximum atomic E-state index is 13.2. The van der Waals surface area contributed by atoms with Crippen molar-refractivity contribution < 1.29 is 22.7 Å². The fourth-order valence-electron chi connectivity index (χ4n) is 1.87. The minimum atomic E-state index is -4.60. The van der Waals surface area contributed by atoms with Gasteiger partial charge >= 0.3 is 6.18 Å². The van der Waals surface area contributed by atoms with E-state index in [1.165, 1.54) is 24.3 Å². The maximum absolute atomic E-state index is 13.2. The quantitative estimate of drug-likeness (QED) is 0.631. The number of hydrogen-bond donors (Lipinski definition) is 1. The second kappa shape index (κ2) is 6.06. The third kappa shape index (κ3) is 3.64. The Kier molecular flexibility index (Phi) is 4.75. The van der Waals surface area contributed by atoms with Crippen LogP contribution in [0.1, 0.15) is 22.8 Å². The average Bonchev–Trinajstić information content (AvgIpc) is 2.40. The van der Waals surface area contributed by atoms with Gasteiger partial charge in [-0.2, -0.15) is 13.2 Å². The van der Waals surface area contributed by atoms with Crippen molar-refractivity contribution in [2.75, 3.05) is 0 Å². The predicted octanol–water partition coefficient (Wildman–Crippen LogP) is 5.45. The molecule has 21 heavy (non-hydrogen) atoms. The number of hydrogen-bond acceptors (Lipinski definition) is 1. The number of aliphatic hydroxyl groups is 1. The Bertz CT molecular complexity index is 671. The Balaban J connectivity index is 2.52. The molecule has 0 radical (unpaired) electrons. The molecule has 1 unspecified atom stereocenters. The van der Waals surface area contributed by atoms with Gasteiger partial charge in [-0.15, -0.1) is 0 Å². The van der Waals surface area contributed by atoms with Crippen molar-refractivity contribution in [1.82, 2.24) is 0 Å². The minimum Gasteiger partial charge on any atom is -0.384 e. The van der Waals surface area contributed by atoms with Crippen LogP contribution in [-0.4, -0.2) is 5.11 Å². The van der Waals surface area contributed by atoms with E-state index in [9.17, 15) is 22.7 Å². The Morgan fingerprint density at radius 3 is 2.24 bits per heavy atom. The summed E-state index contributed by atoms with van der Waals surface area (Å²) in [6.07, 6.45) is -6.11. The summed E-state index contributed by atoms with van der Waals surface area (Å²) in [7, 11) is 0. The van der Waals surface area contributed by atoms with Crippen molar-refractivity contribution in [3.8, 4) is 0 Å². The average molecular weight is 428 g/mol. The van der Waals surface area contributed by atoms with Crippen molar-refractivity contribution in [3.63, 3.8) is 0 Å². The van der Waals surface area contributed by atoms with E-state index in [4.69, 9.17) is 0 Å². The summed E-state index contributed by atoms with van der Waals surface area (Å²) in [6, 6.07) is 7.07. The first kappa shape index (κ1) is 16.5. The molecule has 2 aromatic carbocycles. The highest BCUT2D eigenvalue weighted by atomic mass is 79.9. The molecule has 0 aliphatic rings. The molecular formula is C14H8Br2F4O. The Labute approximate surface area is 134 Å². The molecule has 2 rings (SSSR count). The highest BCUT2D eigenvalue weighted by Gasteiger charge is 2.35. The molecule has 2 aromatic rings. The first-order chi connectivity index (χ1) is 9.70. The van der Waals surface area contributed by atoms with Crippen LogP contribution in [0.4, 0.5) is 17.6 Å². The standard InChI is InChI=1S/C14H8Br2F4O/c15-8-2-3-9(10(6-8)14(18,19)20)13(21)7-1-4-12(17)11(16)5-7/h1-6,13,21H. The molecule has 0 bridgehead atoms. The van der Waals surface area contributed by atoms with Gasteiger partial charge in [0.25, 0.3) is 0 Å². The molecule has 1 atom stereocenters. The van der Waals surface area contributed by atoms with Gasteiger partial charge < -0.3 is 5.11 Å². The summed E-state index contributed by atoms with van der Waals surface area (Å²) < 4.78 is 52.6. The lowest BCUT2D eigenvalue weighted by molar-refractivity contribution is -0.139. The zero-order chi connectivity index (χ0) is 15.8. The van der Waals surface area contributed by atoms with Crippen LogP contribution in [0.15, 0.2) is 45.3 Å². The molecule has 0 spiro atoms. The van der Waals surface area contributed by atoms with Crippen molar-refractivity contribution in [2.24, 2.45) is 0 Å². The van der Waals surface area contributed by atoms with Crippen molar-refractivity contribution in [2.45, 2.75) is 12.3 Å². The highest BCUT2D eigenvalue weighted by molar-refractivity contribution is 9.10. The van der Waals surface area contributed by atoms with Gasteiger partial charge in [0.15, 0.2) is 0 Å². The van der Waals surface area contributed by atoms with Crippen LogP contribution < -0.4 is 0 Å². The molecule has 0 aromatic heterocycles. The number of aliphatic hydroxyl groups excluding tert-OH is 1. The first-order valence-corrected chi connectivity index (χ1v) is 7.28. The number of benzene rings is 2. The molecule has 7 heteroatoms. The Morgan fingerprint density at radius 1 is 1.00 bits per heavy atom. The minimum absolute atomic E-state index is 0.0738. The van der Waals surface area contributed by atoms with E-state index in [-0.39, 0.29) is 20.1 Å². The molecule has 0 aliphatic carbocycles. The van der Waals surface area contributed by atoms with Crippen molar-refractivity contribution >= 4 is 31.9 Å². The van der Waals surface area contributed by atoms with Crippen LogP contribution in [0.25, 0.3) is 0 Å². The van der Waals surface area contributed by atoms with Gasteiger partial charge in [0.05, 0.1) is 10.0 Å². The first-order valence-electron chi connectivity index (χ1n) is 5.70. The zero-order valence-electron chi connectivity index (χ0n) is 10.3. The summed E-state index contributed by atoms with van der Waals surface area (Å²) in [6.45, 7) is 0. The molecular weight excluding hydrogens is 420 g/mol. The van der Waals surface area contributed by atoms with E-state index in [2.05, 4.69) is 31.9 Å². The Hall–Kier alpha value is -0.920. The maximum Gasteiger partial charge on any atom is 0.416 e. The second-order valence-corrected chi connectivity index (χ2v) is 6.08. The van der Waals surface area contributed by atoms with Gasteiger partial charge in [-0.1, -0.05) is 28.1 Å². The van der Waals surface area contributed by atoms with E-state index in [1.54, 1.807) is 0 Å². The lowest BCUT2D eigenvalue weighted by atomic mass is 9.96. The van der Waals surface area contributed by atoms with Gasteiger partial charge in [-0.05, 0) is 51.3 Å². The van der Waals surface area contributed by atoms with Crippen LogP contribution in [-0.2, 0) is 6.18 Å². The van der Waals surface area contributed by atoms with E-state index < -0.39 is 23.7 Å². The number of rotatable bonds is 2. The third-order valence-electron chi connectivity index (χ3n) is 2.87. The summed E-state index contributed by atoms with van der Waals surface area (Å²) in [5.74, 6) is -0.558. The fraction of sp³-hybridized carbons (Fsp3) is 0.143. The third-order valence-corrected chi connectivity index (χ3v) is 3.98. The van der Waals surface area contributed by atoms with E-state index >= 15 is 0 Å². The second-order valence-electron chi connectivity index (χ2n) is 4.31. The lowest BCUT2D eigenvalue weighted by Gasteiger charge is -2.18. The lowest BCUT2D eigenvalue weighted by Crippen LogP contribution is -2.13. The Morgan fingerprint density at radius 2 is 1.67 bits per heavy atom. The molecule has 0 aliphatic heterocycles. The SMILES string of the molecule is OC(c1ccc(F)c(Br)c1)c1ccc(Br)cc1C(F)(F)F. The van der Waals surface area contributed by atoms with E-state index in [0.717, 1.165) is 12.1 Å². The van der Waals surface area contributed by atoms with E-state index in [1.807, 2.05) is 0 Å². The molecule has 0 amide bonds. The largest absolute Gasteiger partial charge is 0.416 e. The topological polar surface area (TPSA) is 20.2 Å². The van der Waals surface area contributed by atoms with E-state index in [0.29, 0.717) is 0 Å². The van der Waals surface area contributed by atoms with Crippen LogP contribution in [0.3, 0.4) is 0 Å². The van der Waals surface area contributed by atoms with Gasteiger partial charge in [-0.3, -0.25) is 0 Å². The monoisotopic (exact) mass is 426 g/mol. The smallest absolute Gasteiger partial charge is 0.384 e. The molecule has 0 heterocycles. The zero-order valence-corrected chi connectivity index (χ0v) is 13.4. The molecule has 0 saturated carbocycles. The number of alkyl halides is 3. The summed E-state index contributed by atoms with van der Waals surface area (Å²) in [4.78, 5) is 0. The van der Waals surface area contributed by atoms with Crippen molar-refractivity contribution in [3.05, 3.63) is 67.9 Å². The normalized spacial score (nSPS) is 13.3. The van der Waals surface area contributed by atoms with Gasteiger partial charge in [0.1, 0.15) is 11.9 Å². The van der Waals surface area contributed by atoms with Gasteiger partial charge in [0.2, 0.25) is 0 Å². The summed E-state index contributed by atoms with van der Waals surface area (Å²) in [5.41, 5.74) is -1.06. The molecule has 0 saturated heterocycles. The summed E-state index contributed by atoms with van der Waals surface area (Å²) >= 11 is 5.92. The van der Waals surface area contributed by atoms with Gasteiger partial charge in [-0.25, -0.2) is 4.39 Å². The van der Waals surface area contributed by atoms with Gasteiger partial charge in [0, 0.05) is 4.47 Å². The van der Waals surface area contributed by atoms with Crippen molar-refractivity contribution in [1.29, 1.82) is 0 Å².